The van der Waals surface area contributed by atoms with Gasteiger partial charge in [0.25, 0.3) is 0 Å². The Bertz CT molecular complexity index is 1010. The molecule has 0 spiro atoms. The molecule has 4 nitrogen and oxygen atoms in total. The molecule has 3 rings (SSSR count). The second-order valence-corrected chi connectivity index (χ2v) is 10.5. The van der Waals surface area contributed by atoms with Crippen molar-refractivity contribution in [3.63, 3.8) is 0 Å². The van der Waals surface area contributed by atoms with Crippen LogP contribution < -0.4 is 5.32 Å². The van der Waals surface area contributed by atoms with Crippen LogP contribution in [-0.2, 0) is 21.1 Å². The molecule has 0 saturated heterocycles. The molecule has 27 heavy (non-hydrogen) atoms. The average molecular weight is 420 g/mol. The highest BCUT2D eigenvalue weighted by Crippen LogP contribution is 2.33. The van der Waals surface area contributed by atoms with E-state index in [0.717, 1.165) is 15.3 Å². The molecular weight excluding hydrogens is 398 g/mol. The second kappa shape index (κ2) is 8.37. The Balaban J connectivity index is 1.85. The number of benzene rings is 1. The third-order valence-corrected chi connectivity index (χ3v) is 8.52. The fourth-order valence-corrected chi connectivity index (χ4v) is 6.66. The summed E-state index contributed by atoms with van der Waals surface area (Å²) in [5.74, 6) is -0.171. The van der Waals surface area contributed by atoms with Crippen LogP contribution in [0, 0.1) is 13.8 Å². The minimum Gasteiger partial charge on any atom is -0.354 e. The normalized spacial score (nSPS) is 12.7. The van der Waals surface area contributed by atoms with E-state index >= 15 is 0 Å². The lowest BCUT2D eigenvalue weighted by atomic mass is 10.2. The first-order chi connectivity index (χ1) is 12.9. The first-order valence-corrected chi connectivity index (χ1v) is 11.8. The molecule has 0 radical (unpaired) electrons. The van der Waals surface area contributed by atoms with Gasteiger partial charge in [0.2, 0.25) is 5.91 Å². The van der Waals surface area contributed by atoms with Gasteiger partial charge in [-0.3, -0.25) is 4.79 Å². The van der Waals surface area contributed by atoms with Crippen molar-refractivity contribution in [2.24, 2.45) is 0 Å². The lowest BCUT2D eigenvalue weighted by Gasteiger charge is -2.19. The monoisotopic (exact) mass is 419 g/mol. The molecule has 1 N–H and O–H groups in total. The van der Waals surface area contributed by atoms with E-state index in [4.69, 9.17) is 0 Å². The minimum atomic E-state index is -3.64. The maximum Gasteiger partial charge on any atom is 0.225 e. The Kier molecular flexibility index (Phi) is 6.14. The van der Waals surface area contributed by atoms with Gasteiger partial charge in [-0.2, -0.15) is 0 Å². The third-order valence-electron chi connectivity index (χ3n) is 4.28. The summed E-state index contributed by atoms with van der Waals surface area (Å²) in [5, 5.41) is 5.79. The largest absolute Gasteiger partial charge is 0.354 e. The van der Waals surface area contributed by atoms with Gasteiger partial charge in [-0.1, -0.05) is 24.3 Å². The molecule has 7 heteroatoms. The van der Waals surface area contributed by atoms with Crippen LogP contribution in [0.1, 0.15) is 26.1 Å². The van der Waals surface area contributed by atoms with Crippen LogP contribution in [0.4, 0.5) is 0 Å². The lowest BCUT2D eigenvalue weighted by Crippen LogP contribution is -2.32. The van der Waals surface area contributed by atoms with Gasteiger partial charge in [0, 0.05) is 16.3 Å². The van der Waals surface area contributed by atoms with Crippen molar-refractivity contribution < 1.29 is 13.2 Å². The quantitative estimate of drug-likeness (QED) is 0.621. The number of hydrogen-bond acceptors (Lipinski definition) is 5. The van der Waals surface area contributed by atoms with Gasteiger partial charge in [0.05, 0.1) is 11.3 Å². The molecule has 3 aromatic rings. The number of aryl methyl sites for hydroxylation is 2. The van der Waals surface area contributed by atoms with Gasteiger partial charge in [0.1, 0.15) is 5.25 Å². The molecular formula is C20H21NO3S3. The van der Waals surface area contributed by atoms with Crippen molar-refractivity contribution in [3.05, 3.63) is 74.1 Å². The SMILES string of the molecule is Cc1ccc(C)c(S(=O)(=O)[C@@H](CNC(=O)Cc2cccs2)c2cccs2)c1. The summed E-state index contributed by atoms with van der Waals surface area (Å²) in [5.41, 5.74) is 1.61. The molecule has 1 amide bonds. The van der Waals surface area contributed by atoms with E-state index in [-0.39, 0.29) is 18.9 Å². The van der Waals surface area contributed by atoms with Crippen molar-refractivity contribution >= 4 is 38.4 Å². The first-order valence-electron chi connectivity index (χ1n) is 8.51. The zero-order valence-corrected chi connectivity index (χ0v) is 17.6. The summed E-state index contributed by atoms with van der Waals surface area (Å²) < 4.78 is 26.8. The highest BCUT2D eigenvalue weighted by atomic mass is 32.2. The van der Waals surface area contributed by atoms with E-state index in [1.165, 1.54) is 22.7 Å². The summed E-state index contributed by atoms with van der Waals surface area (Å²) in [6, 6.07) is 12.9. The maximum atomic E-state index is 13.4. The van der Waals surface area contributed by atoms with Crippen molar-refractivity contribution in [2.75, 3.05) is 6.54 Å². The minimum absolute atomic E-state index is 0.0560. The molecule has 1 aromatic carbocycles. The molecule has 0 fully saturated rings. The summed E-state index contributed by atoms with van der Waals surface area (Å²) in [7, 11) is -3.64. The summed E-state index contributed by atoms with van der Waals surface area (Å²) >= 11 is 2.90. The van der Waals surface area contributed by atoms with E-state index in [1.54, 1.807) is 13.0 Å². The zero-order valence-electron chi connectivity index (χ0n) is 15.1. The maximum absolute atomic E-state index is 13.4. The third kappa shape index (κ3) is 4.66. The van der Waals surface area contributed by atoms with Gasteiger partial charge in [-0.15, -0.1) is 22.7 Å². The van der Waals surface area contributed by atoms with E-state index in [2.05, 4.69) is 5.32 Å². The number of rotatable bonds is 7. The molecule has 2 aromatic heterocycles. The van der Waals surface area contributed by atoms with Crippen LogP contribution >= 0.6 is 22.7 Å². The van der Waals surface area contributed by atoms with Crippen molar-refractivity contribution in [2.45, 2.75) is 30.4 Å². The molecule has 0 aliphatic carbocycles. The van der Waals surface area contributed by atoms with Gasteiger partial charge in [-0.05, 0) is 53.9 Å². The van der Waals surface area contributed by atoms with E-state index in [0.29, 0.717) is 10.5 Å². The smallest absolute Gasteiger partial charge is 0.225 e. The standard InChI is InChI=1S/C20H21NO3S3/c1-14-7-8-15(2)18(11-14)27(23,24)19(17-6-4-10-26-17)13-21-20(22)12-16-5-3-9-25-16/h3-11,19H,12-13H2,1-2H3,(H,21,22)/t19-/m0/s1. The number of amides is 1. The average Bonchev–Trinajstić information content (AvgIpc) is 3.31. The van der Waals surface area contributed by atoms with Crippen LogP contribution in [0.25, 0.3) is 0 Å². The molecule has 0 aliphatic rings. The molecule has 0 unspecified atom stereocenters. The van der Waals surface area contributed by atoms with Crippen LogP contribution in [0.2, 0.25) is 0 Å². The number of sulfone groups is 1. The summed E-state index contributed by atoms with van der Waals surface area (Å²) in [4.78, 5) is 14.3. The zero-order chi connectivity index (χ0) is 19.4. The van der Waals surface area contributed by atoms with Crippen LogP contribution in [0.5, 0.6) is 0 Å². The van der Waals surface area contributed by atoms with Gasteiger partial charge >= 0.3 is 0 Å². The summed E-state index contributed by atoms with van der Waals surface area (Å²) in [6.45, 7) is 3.73. The first kappa shape index (κ1) is 19.8. The Morgan fingerprint density at radius 1 is 1.07 bits per heavy atom. The lowest BCUT2D eigenvalue weighted by molar-refractivity contribution is -0.120. The summed E-state index contributed by atoms with van der Waals surface area (Å²) in [6.07, 6.45) is 0.262. The van der Waals surface area contributed by atoms with Crippen molar-refractivity contribution in [1.29, 1.82) is 0 Å². The Hall–Kier alpha value is -1.96. The Morgan fingerprint density at radius 2 is 1.81 bits per heavy atom. The highest BCUT2D eigenvalue weighted by Gasteiger charge is 2.31. The molecule has 2 heterocycles. The number of carbonyl (C=O) groups is 1. The highest BCUT2D eigenvalue weighted by molar-refractivity contribution is 7.92. The van der Waals surface area contributed by atoms with Crippen molar-refractivity contribution in [1.82, 2.24) is 5.32 Å². The topological polar surface area (TPSA) is 63.2 Å². The number of thiophene rings is 2. The van der Waals surface area contributed by atoms with Gasteiger partial charge in [-0.25, -0.2) is 8.42 Å². The predicted octanol–water partition coefficient (Wildman–Crippen LogP) is 4.30. The van der Waals surface area contributed by atoms with Crippen LogP contribution in [0.3, 0.4) is 0 Å². The van der Waals surface area contributed by atoms with Gasteiger partial charge in [0.15, 0.2) is 9.84 Å². The second-order valence-electron chi connectivity index (χ2n) is 6.38. The van der Waals surface area contributed by atoms with Crippen LogP contribution in [0.15, 0.2) is 58.1 Å². The molecule has 142 valence electrons. The molecule has 0 saturated carbocycles. The van der Waals surface area contributed by atoms with E-state index in [9.17, 15) is 13.2 Å². The van der Waals surface area contributed by atoms with E-state index in [1.807, 2.05) is 54.1 Å². The number of hydrogen-bond donors (Lipinski definition) is 1. The molecule has 1 atom stereocenters. The predicted molar refractivity (Wildman–Crippen MR) is 111 cm³/mol. The molecule has 0 aliphatic heterocycles. The van der Waals surface area contributed by atoms with E-state index < -0.39 is 15.1 Å². The number of carbonyl (C=O) groups excluding carboxylic acids is 1. The fraction of sp³-hybridized carbons (Fsp3) is 0.250. The Labute approximate surface area is 167 Å². The fourth-order valence-electron chi connectivity index (χ4n) is 2.85. The van der Waals surface area contributed by atoms with Crippen molar-refractivity contribution in [3.8, 4) is 0 Å². The van der Waals surface area contributed by atoms with Gasteiger partial charge < -0.3 is 5.32 Å². The number of nitrogens with one attached hydrogen (secondary N) is 1. The molecule has 0 bridgehead atoms. The van der Waals surface area contributed by atoms with Crippen LogP contribution in [-0.4, -0.2) is 20.9 Å². The Morgan fingerprint density at radius 3 is 2.48 bits per heavy atom.